The summed E-state index contributed by atoms with van der Waals surface area (Å²) in [7, 11) is 0. The maximum absolute atomic E-state index is 12.6. The van der Waals surface area contributed by atoms with Gasteiger partial charge in [0.25, 0.3) is 0 Å². The minimum Gasteiger partial charge on any atom is -0.207 e. The molecule has 0 saturated carbocycles. The van der Waals surface area contributed by atoms with E-state index in [1.807, 2.05) is 0 Å². The molecule has 0 aromatic heterocycles. The summed E-state index contributed by atoms with van der Waals surface area (Å²) in [5.74, 6) is -3.16. The Morgan fingerprint density at radius 1 is 0.846 bits per heavy atom. The van der Waals surface area contributed by atoms with Crippen LogP contribution >= 0.6 is 0 Å². The normalized spacial score (nSPS) is 13.4. The van der Waals surface area contributed by atoms with Gasteiger partial charge in [0.2, 0.25) is 5.92 Å². The molecule has 0 amide bonds. The van der Waals surface area contributed by atoms with Crippen molar-refractivity contribution in [1.29, 1.82) is 0 Å². The van der Waals surface area contributed by atoms with Gasteiger partial charge in [-0.1, -0.05) is 13.3 Å². The lowest BCUT2D eigenvalue weighted by atomic mass is 10.1. The van der Waals surface area contributed by atoms with Crippen LogP contribution in [-0.4, -0.2) is 12.1 Å². The van der Waals surface area contributed by atoms with Gasteiger partial charge in [-0.25, -0.2) is 8.78 Å². The second kappa shape index (κ2) is 4.77. The molecule has 0 aromatic carbocycles. The van der Waals surface area contributed by atoms with Crippen LogP contribution in [0, 0.1) is 0 Å². The summed E-state index contributed by atoms with van der Waals surface area (Å²) in [5.41, 5.74) is 0. The molecule has 0 bridgehead atoms. The zero-order valence-corrected chi connectivity index (χ0v) is 7.43. The summed E-state index contributed by atoms with van der Waals surface area (Å²) in [6.45, 7) is 1.72. The molecule has 0 aliphatic rings. The van der Waals surface area contributed by atoms with Crippen LogP contribution in [0.15, 0.2) is 0 Å². The SMILES string of the molecule is CCCCC(F)(F)CCC(F)(F)F. The number of hydrogen-bond donors (Lipinski definition) is 0. The van der Waals surface area contributed by atoms with Crippen LogP contribution in [0.5, 0.6) is 0 Å². The van der Waals surface area contributed by atoms with Gasteiger partial charge in [-0.2, -0.15) is 13.2 Å². The molecule has 80 valence electrons. The highest BCUT2D eigenvalue weighted by Crippen LogP contribution is 2.32. The van der Waals surface area contributed by atoms with Crippen LogP contribution in [0.4, 0.5) is 22.0 Å². The standard InChI is InChI=1S/C8H13F5/c1-2-3-4-7(9,10)5-6-8(11,12)13/h2-6H2,1H3. The fourth-order valence-electron chi connectivity index (χ4n) is 0.885. The zero-order chi connectivity index (χ0) is 10.5. The average Bonchev–Trinajstić information content (AvgIpc) is 1.97. The van der Waals surface area contributed by atoms with Crippen molar-refractivity contribution < 1.29 is 22.0 Å². The first-order valence-electron chi connectivity index (χ1n) is 4.21. The molecule has 0 saturated heterocycles. The molecular formula is C8H13F5. The Morgan fingerprint density at radius 3 is 1.77 bits per heavy atom. The number of halogens is 5. The molecule has 0 aromatic rings. The third-order valence-electron chi connectivity index (χ3n) is 1.67. The molecule has 0 nitrogen and oxygen atoms in total. The van der Waals surface area contributed by atoms with Crippen molar-refractivity contribution in [3.05, 3.63) is 0 Å². The topological polar surface area (TPSA) is 0 Å². The van der Waals surface area contributed by atoms with Crippen LogP contribution < -0.4 is 0 Å². The van der Waals surface area contributed by atoms with Crippen molar-refractivity contribution in [2.75, 3.05) is 0 Å². The Morgan fingerprint density at radius 2 is 1.38 bits per heavy atom. The Kier molecular flexibility index (Phi) is 4.64. The molecule has 0 unspecified atom stereocenters. The molecule has 0 aliphatic heterocycles. The van der Waals surface area contributed by atoms with E-state index in [-0.39, 0.29) is 6.42 Å². The van der Waals surface area contributed by atoms with E-state index in [1.54, 1.807) is 6.92 Å². The van der Waals surface area contributed by atoms with Gasteiger partial charge in [-0.3, -0.25) is 0 Å². The quantitative estimate of drug-likeness (QED) is 0.590. The highest BCUT2D eigenvalue weighted by molar-refractivity contribution is 4.68. The maximum Gasteiger partial charge on any atom is 0.389 e. The molecule has 0 atom stereocenters. The number of hydrogen-bond acceptors (Lipinski definition) is 0. The second-order valence-corrected chi connectivity index (χ2v) is 3.07. The Balaban J connectivity index is 3.75. The smallest absolute Gasteiger partial charge is 0.207 e. The highest BCUT2D eigenvalue weighted by Gasteiger charge is 2.35. The summed E-state index contributed by atoms with van der Waals surface area (Å²) < 4.78 is 60.0. The van der Waals surface area contributed by atoms with Crippen molar-refractivity contribution in [3.8, 4) is 0 Å². The zero-order valence-electron chi connectivity index (χ0n) is 7.43. The van der Waals surface area contributed by atoms with Gasteiger partial charge >= 0.3 is 6.18 Å². The molecule has 0 rings (SSSR count). The lowest BCUT2D eigenvalue weighted by molar-refractivity contribution is -0.152. The number of rotatable bonds is 5. The van der Waals surface area contributed by atoms with Crippen LogP contribution in [0.3, 0.4) is 0 Å². The van der Waals surface area contributed by atoms with E-state index < -0.39 is 31.4 Å². The highest BCUT2D eigenvalue weighted by atomic mass is 19.4. The van der Waals surface area contributed by atoms with E-state index in [9.17, 15) is 22.0 Å². The van der Waals surface area contributed by atoms with Gasteiger partial charge in [-0.15, -0.1) is 0 Å². The molecule has 0 heterocycles. The third-order valence-corrected chi connectivity index (χ3v) is 1.67. The van der Waals surface area contributed by atoms with E-state index in [2.05, 4.69) is 0 Å². The molecule has 0 fully saturated rings. The molecule has 5 heteroatoms. The van der Waals surface area contributed by atoms with Crippen molar-refractivity contribution >= 4 is 0 Å². The molecule has 0 radical (unpaired) electrons. The first-order chi connectivity index (χ1) is 5.77. The van der Waals surface area contributed by atoms with Crippen LogP contribution in [-0.2, 0) is 0 Å². The molecular weight excluding hydrogens is 191 g/mol. The molecule has 0 spiro atoms. The minimum absolute atomic E-state index is 0.269. The van der Waals surface area contributed by atoms with Gasteiger partial charge in [0.1, 0.15) is 0 Å². The number of alkyl halides is 5. The van der Waals surface area contributed by atoms with Crippen molar-refractivity contribution in [3.63, 3.8) is 0 Å². The first-order valence-corrected chi connectivity index (χ1v) is 4.21. The second-order valence-electron chi connectivity index (χ2n) is 3.07. The molecule has 0 aliphatic carbocycles. The number of unbranched alkanes of at least 4 members (excludes halogenated alkanes) is 1. The summed E-state index contributed by atoms with van der Waals surface area (Å²) >= 11 is 0. The van der Waals surface area contributed by atoms with E-state index in [0.717, 1.165) is 0 Å². The average molecular weight is 204 g/mol. The minimum atomic E-state index is -4.48. The summed E-state index contributed by atoms with van der Waals surface area (Å²) in [4.78, 5) is 0. The third kappa shape index (κ3) is 7.99. The van der Waals surface area contributed by atoms with Gasteiger partial charge < -0.3 is 0 Å². The van der Waals surface area contributed by atoms with Crippen LogP contribution in [0.25, 0.3) is 0 Å². The maximum atomic E-state index is 12.6. The van der Waals surface area contributed by atoms with E-state index in [4.69, 9.17) is 0 Å². The summed E-state index contributed by atoms with van der Waals surface area (Å²) in [6, 6.07) is 0. The van der Waals surface area contributed by atoms with Crippen molar-refractivity contribution in [2.24, 2.45) is 0 Å². The van der Waals surface area contributed by atoms with Gasteiger partial charge in [0.15, 0.2) is 0 Å². The fraction of sp³-hybridized carbons (Fsp3) is 1.00. The lowest BCUT2D eigenvalue weighted by Gasteiger charge is -2.16. The van der Waals surface area contributed by atoms with E-state index >= 15 is 0 Å². The fourth-order valence-corrected chi connectivity index (χ4v) is 0.885. The molecule has 0 N–H and O–H groups in total. The van der Waals surface area contributed by atoms with Crippen molar-refractivity contribution in [1.82, 2.24) is 0 Å². The van der Waals surface area contributed by atoms with Crippen LogP contribution in [0.1, 0.15) is 39.0 Å². The van der Waals surface area contributed by atoms with E-state index in [0.29, 0.717) is 6.42 Å². The monoisotopic (exact) mass is 204 g/mol. The molecule has 13 heavy (non-hydrogen) atoms. The van der Waals surface area contributed by atoms with Gasteiger partial charge in [0.05, 0.1) is 0 Å². The van der Waals surface area contributed by atoms with Crippen molar-refractivity contribution in [2.45, 2.75) is 51.1 Å². The first kappa shape index (κ1) is 12.7. The van der Waals surface area contributed by atoms with E-state index in [1.165, 1.54) is 0 Å². The largest absolute Gasteiger partial charge is 0.389 e. The predicted molar refractivity (Wildman–Crippen MR) is 39.8 cm³/mol. The predicted octanol–water partition coefficient (Wildman–Crippen LogP) is 4.15. The Bertz CT molecular complexity index is 138. The van der Waals surface area contributed by atoms with Gasteiger partial charge in [0, 0.05) is 19.3 Å². The lowest BCUT2D eigenvalue weighted by Crippen LogP contribution is -2.20. The summed E-state index contributed by atoms with van der Waals surface area (Å²) in [6.07, 6.45) is -6.57. The summed E-state index contributed by atoms with van der Waals surface area (Å²) in [5, 5.41) is 0. The van der Waals surface area contributed by atoms with Crippen LogP contribution in [0.2, 0.25) is 0 Å². The van der Waals surface area contributed by atoms with Gasteiger partial charge in [-0.05, 0) is 6.42 Å². The Labute approximate surface area is 74.1 Å². The Hall–Kier alpha value is -0.350.